The molecule has 0 saturated carbocycles. The van der Waals surface area contributed by atoms with E-state index in [9.17, 15) is 4.79 Å². The summed E-state index contributed by atoms with van der Waals surface area (Å²) in [5.41, 5.74) is 2.77. The number of ether oxygens (including phenoxy) is 2. The second-order valence-electron chi connectivity index (χ2n) is 5.30. The van der Waals surface area contributed by atoms with Crippen molar-refractivity contribution in [2.75, 3.05) is 14.2 Å². The molecule has 0 saturated heterocycles. The van der Waals surface area contributed by atoms with Crippen LogP contribution in [0.3, 0.4) is 0 Å². The molecular weight excluding hydrogens is 314 g/mol. The average molecular weight is 330 g/mol. The number of Topliss-reactive ketones (excluding diaryl/α,β-unsaturated/α-hetero) is 1. The normalized spacial score (nSPS) is 16.6. The summed E-state index contributed by atoms with van der Waals surface area (Å²) in [5.74, 6) is 0.999. The highest BCUT2D eigenvalue weighted by molar-refractivity contribution is 6.46. The Hall–Kier alpha value is -2.33. The van der Waals surface area contributed by atoms with Crippen LogP contribution in [0.5, 0.6) is 11.5 Å². The molecule has 5 heteroatoms. The molecule has 0 spiro atoms. The maximum absolute atomic E-state index is 12.5. The minimum absolute atomic E-state index is 0.0979. The molecule has 0 radical (unpaired) electrons. The van der Waals surface area contributed by atoms with Crippen molar-refractivity contribution in [3.8, 4) is 11.5 Å². The molecule has 1 heterocycles. The molecule has 0 aliphatic carbocycles. The third kappa shape index (κ3) is 2.70. The van der Waals surface area contributed by atoms with Crippen LogP contribution in [0.2, 0.25) is 5.02 Å². The van der Waals surface area contributed by atoms with E-state index >= 15 is 0 Å². The Morgan fingerprint density at radius 1 is 1.09 bits per heavy atom. The topological polar surface area (TPSA) is 47.9 Å². The fourth-order valence-electron chi connectivity index (χ4n) is 2.77. The lowest BCUT2D eigenvalue weighted by molar-refractivity contribution is 0.106. The van der Waals surface area contributed by atoms with Gasteiger partial charge in [0.1, 0.15) is 6.04 Å². The van der Waals surface area contributed by atoms with E-state index in [0.29, 0.717) is 27.8 Å². The highest BCUT2D eigenvalue weighted by atomic mass is 35.5. The number of ketones is 1. The zero-order valence-electron chi connectivity index (χ0n) is 13.1. The summed E-state index contributed by atoms with van der Waals surface area (Å²) in [6.45, 7) is 1.72. The van der Waals surface area contributed by atoms with Gasteiger partial charge in [-0.15, -0.1) is 0 Å². The molecule has 0 amide bonds. The SMILES string of the molecule is COc1cc2c(cc1OC)C(c1cccc(Cl)c1)N=C(C)C2=O. The van der Waals surface area contributed by atoms with Crippen LogP contribution in [0.15, 0.2) is 41.4 Å². The van der Waals surface area contributed by atoms with Crippen LogP contribution < -0.4 is 9.47 Å². The third-order valence-corrected chi connectivity index (χ3v) is 4.15. The van der Waals surface area contributed by atoms with E-state index in [1.54, 1.807) is 27.2 Å². The first-order chi connectivity index (χ1) is 11.0. The molecule has 0 bridgehead atoms. The van der Waals surface area contributed by atoms with Crippen molar-refractivity contribution in [3.63, 3.8) is 0 Å². The van der Waals surface area contributed by atoms with Gasteiger partial charge in [0, 0.05) is 10.6 Å². The molecule has 0 N–H and O–H groups in total. The predicted molar refractivity (Wildman–Crippen MR) is 90.3 cm³/mol. The Morgan fingerprint density at radius 2 is 1.78 bits per heavy atom. The lowest BCUT2D eigenvalue weighted by Crippen LogP contribution is -2.21. The van der Waals surface area contributed by atoms with E-state index in [4.69, 9.17) is 21.1 Å². The highest BCUT2D eigenvalue weighted by Crippen LogP contribution is 2.40. The van der Waals surface area contributed by atoms with Crippen LogP contribution in [0.4, 0.5) is 0 Å². The van der Waals surface area contributed by atoms with Gasteiger partial charge in [0.05, 0.1) is 19.9 Å². The van der Waals surface area contributed by atoms with Gasteiger partial charge >= 0.3 is 0 Å². The van der Waals surface area contributed by atoms with Crippen molar-refractivity contribution in [2.24, 2.45) is 4.99 Å². The van der Waals surface area contributed by atoms with E-state index in [1.165, 1.54) is 0 Å². The van der Waals surface area contributed by atoms with Crippen LogP contribution in [0.25, 0.3) is 0 Å². The number of hydrogen-bond acceptors (Lipinski definition) is 4. The molecule has 118 valence electrons. The summed E-state index contributed by atoms with van der Waals surface area (Å²) < 4.78 is 10.7. The van der Waals surface area contributed by atoms with Crippen molar-refractivity contribution in [3.05, 3.63) is 58.1 Å². The molecule has 23 heavy (non-hydrogen) atoms. The number of fused-ring (bicyclic) bond motifs is 1. The van der Waals surface area contributed by atoms with Crippen molar-refractivity contribution >= 4 is 23.1 Å². The second kappa shape index (κ2) is 6.05. The summed E-state index contributed by atoms with van der Waals surface area (Å²) in [6.07, 6.45) is 0. The first-order valence-corrected chi connectivity index (χ1v) is 7.53. The molecule has 3 rings (SSSR count). The highest BCUT2D eigenvalue weighted by Gasteiger charge is 2.29. The summed E-state index contributed by atoms with van der Waals surface area (Å²) in [5, 5.41) is 0.634. The van der Waals surface area contributed by atoms with Crippen molar-refractivity contribution < 1.29 is 14.3 Å². The van der Waals surface area contributed by atoms with Gasteiger partial charge in [-0.1, -0.05) is 23.7 Å². The minimum Gasteiger partial charge on any atom is -0.493 e. The summed E-state index contributed by atoms with van der Waals surface area (Å²) in [7, 11) is 3.12. The first kappa shape index (κ1) is 15.6. The molecule has 1 unspecified atom stereocenters. The number of hydrogen-bond donors (Lipinski definition) is 0. The van der Waals surface area contributed by atoms with Crippen molar-refractivity contribution in [1.29, 1.82) is 0 Å². The van der Waals surface area contributed by atoms with E-state index in [0.717, 1.165) is 11.1 Å². The maximum atomic E-state index is 12.5. The number of nitrogens with zero attached hydrogens (tertiary/aromatic N) is 1. The fourth-order valence-corrected chi connectivity index (χ4v) is 2.96. The molecule has 1 atom stereocenters. The van der Waals surface area contributed by atoms with Gasteiger partial charge in [-0.05, 0) is 42.3 Å². The first-order valence-electron chi connectivity index (χ1n) is 7.15. The molecule has 2 aromatic carbocycles. The van der Waals surface area contributed by atoms with E-state index in [-0.39, 0.29) is 11.8 Å². The Kier molecular flexibility index (Phi) is 4.09. The number of benzene rings is 2. The van der Waals surface area contributed by atoms with Crippen LogP contribution in [0, 0.1) is 0 Å². The monoisotopic (exact) mass is 329 g/mol. The Balaban J connectivity index is 2.22. The Bertz CT molecular complexity index is 814. The zero-order valence-corrected chi connectivity index (χ0v) is 13.8. The third-order valence-electron chi connectivity index (χ3n) is 3.91. The maximum Gasteiger partial charge on any atom is 0.206 e. The van der Waals surface area contributed by atoms with Gasteiger partial charge in [-0.25, -0.2) is 0 Å². The molecular formula is C18H16ClNO3. The smallest absolute Gasteiger partial charge is 0.206 e. The van der Waals surface area contributed by atoms with Gasteiger partial charge in [0.25, 0.3) is 0 Å². The largest absolute Gasteiger partial charge is 0.493 e. The van der Waals surface area contributed by atoms with Crippen molar-refractivity contribution in [1.82, 2.24) is 0 Å². The second-order valence-corrected chi connectivity index (χ2v) is 5.73. The number of aliphatic imine (C=N–C) groups is 1. The molecule has 0 aromatic heterocycles. The summed E-state index contributed by atoms with van der Waals surface area (Å²) in [4.78, 5) is 17.0. The van der Waals surface area contributed by atoms with Crippen LogP contribution in [-0.4, -0.2) is 25.7 Å². The number of rotatable bonds is 3. The quantitative estimate of drug-likeness (QED) is 0.851. The van der Waals surface area contributed by atoms with Crippen LogP contribution >= 0.6 is 11.6 Å². The van der Waals surface area contributed by atoms with Gasteiger partial charge in [0.15, 0.2) is 11.5 Å². The Morgan fingerprint density at radius 3 is 2.43 bits per heavy atom. The Labute approximate surface area is 139 Å². The minimum atomic E-state index is -0.291. The van der Waals surface area contributed by atoms with Gasteiger partial charge in [0.2, 0.25) is 5.78 Å². The molecule has 1 aliphatic heterocycles. The molecule has 2 aromatic rings. The van der Waals surface area contributed by atoms with E-state index in [1.807, 2.05) is 30.3 Å². The number of carbonyl (C=O) groups excluding carboxylic acids is 1. The van der Waals surface area contributed by atoms with Gasteiger partial charge < -0.3 is 9.47 Å². The molecule has 4 nitrogen and oxygen atoms in total. The average Bonchev–Trinajstić information content (AvgIpc) is 2.56. The van der Waals surface area contributed by atoms with Crippen molar-refractivity contribution in [2.45, 2.75) is 13.0 Å². The summed E-state index contributed by atoms with van der Waals surface area (Å²) >= 11 is 6.10. The molecule has 1 aliphatic rings. The predicted octanol–water partition coefficient (Wildman–Crippen LogP) is 4.10. The van der Waals surface area contributed by atoms with E-state index < -0.39 is 0 Å². The standard InChI is InChI=1S/C18H16ClNO3/c1-10-18(21)14-9-16(23-3)15(22-2)8-13(14)17(20-10)11-5-4-6-12(19)7-11/h4-9,17H,1-3H3. The van der Waals surface area contributed by atoms with Gasteiger partial charge in [-0.3, -0.25) is 9.79 Å². The fraction of sp³-hybridized carbons (Fsp3) is 0.222. The number of halogens is 1. The molecule has 0 fully saturated rings. The van der Waals surface area contributed by atoms with Crippen LogP contribution in [-0.2, 0) is 0 Å². The zero-order chi connectivity index (χ0) is 16.6. The summed E-state index contributed by atoms with van der Waals surface area (Å²) in [6, 6.07) is 10.7. The number of carbonyl (C=O) groups is 1. The number of methoxy groups -OCH3 is 2. The van der Waals surface area contributed by atoms with Gasteiger partial charge in [-0.2, -0.15) is 0 Å². The lowest BCUT2D eigenvalue weighted by atomic mass is 9.88. The lowest BCUT2D eigenvalue weighted by Gasteiger charge is -2.24. The van der Waals surface area contributed by atoms with E-state index in [2.05, 4.69) is 4.99 Å². The van der Waals surface area contributed by atoms with Crippen LogP contribution in [0.1, 0.15) is 34.5 Å².